The largest absolute Gasteiger partial charge is 0.193 e. The number of rotatable bonds is 0. The average Bonchev–Trinajstić information content (AvgIpc) is 1.66. The molecule has 0 aromatic heterocycles. The van der Waals surface area contributed by atoms with Gasteiger partial charge in [-0.3, -0.25) is 0 Å². The Labute approximate surface area is 47.7 Å². The van der Waals surface area contributed by atoms with Crippen LogP contribution in [0.1, 0.15) is 12.8 Å². The third-order valence-electron chi connectivity index (χ3n) is 1.26. The maximum Gasteiger partial charge on any atom is 0.0957 e. The Morgan fingerprint density at radius 1 is 1.00 bits per heavy atom. The van der Waals surface area contributed by atoms with E-state index >= 15 is 0 Å². The monoisotopic (exact) mass is 104 g/mol. The lowest BCUT2D eigenvalue weighted by atomic mass is 9.91. The van der Waals surface area contributed by atoms with Crippen LogP contribution in [-0.4, -0.2) is 0 Å². The molecule has 0 spiro atoms. The maximum atomic E-state index is 8.23. The number of nitriles is 2. The van der Waals surface area contributed by atoms with Gasteiger partial charge in [-0.2, -0.15) is 10.5 Å². The van der Waals surface area contributed by atoms with E-state index in [-0.39, 0.29) is 0 Å². The van der Waals surface area contributed by atoms with E-state index in [2.05, 4.69) is 0 Å². The standard InChI is InChI=1S/C6H4N2/c7-3-5-1-2-6(5)4-8/h1-2H2. The molecule has 1 aliphatic carbocycles. The highest BCUT2D eigenvalue weighted by Crippen LogP contribution is 2.25. The van der Waals surface area contributed by atoms with Gasteiger partial charge in [0.2, 0.25) is 0 Å². The number of allylic oxidation sites excluding steroid dienone is 2. The van der Waals surface area contributed by atoms with Crippen molar-refractivity contribution in [1.29, 1.82) is 10.5 Å². The minimum Gasteiger partial charge on any atom is -0.193 e. The molecule has 0 saturated carbocycles. The van der Waals surface area contributed by atoms with Crippen LogP contribution >= 0.6 is 0 Å². The van der Waals surface area contributed by atoms with E-state index in [0.29, 0.717) is 11.1 Å². The summed E-state index contributed by atoms with van der Waals surface area (Å²) in [5.74, 6) is 0. The summed E-state index contributed by atoms with van der Waals surface area (Å²) in [5, 5.41) is 16.5. The average molecular weight is 104 g/mol. The molecule has 0 amide bonds. The van der Waals surface area contributed by atoms with Crippen molar-refractivity contribution in [2.75, 3.05) is 0 Å². The molecule has 0 aromatic carbocycles. The van der Waals surface area contributed by atoms with Crippen LogP contribution in [-0.2, 0) is 0 Å². The molecular formula is C6H4N2. The Kier molecular flexibility index (Phi) is 1.02. The number of hydrogen-bond acceptors (Lipinski definition) is 2. The van der Waals surface area contributed by atoms with Gasteiger partial charge in [-0.05, 0) is 12.8 Å². The summed E-state index contributed by atoms with van der Waals surface area (Å²) in [7, 11) is 0. The highest BCUT2D eigenvalue weighted by molar-refractivity contribution is 5.43. The lowest BCUT2D eigenvalue weighted by Crippen LogP contribution is -1.98. The van der Waals surface area contributed by atoms with Gasteiger partial charge in [-0.25, -0.2) is 0 Å². The molecule has 0 radical (unpaired) electrons. The van der Waals surface area contributed by atoms with Crippen molar-refractivity contribution < 1.29 is 0 Å². The van der Waals surface area contributed by atoms with Crippen LogP contribution < -0.4 is 0 Å². The van der Waals surface area contributed by atoms with Crippen LogP contribution in [0.5, 0.6) is 0 Å². The maximum absolute atomic E-state index is 8.23. The van der Waals surface area contributed by atoms with Gasteiger partial charge in [0.25, 0.3) is 0 Å². The topological polar surface area (TPSA) is 47.6 Å². The van der Waals surface area contributed by atoms with Crippen molar-refractivity contribution in [2.24, 2.45) is 0 Å². The molecule has 0 aliphatic heterocycles. The smallest absolute Gasteiger partial charge is 0.0957 e. The second-order valence-corrected chi connectivity index (χ2v) is 1.68. The molecule has 0 saturated heterocycles. The van der Waals surface area contributed by atoms with E-state index < -0.39 is 0 Å². The lowest BCUT2D eigenvalue weighted by molar-refractivity contribution is 0.864. The minimum absolute atomic E-state index is 0.674. The SMILES string of the molecule is N#CC1=C(C#N)CC1. The molecule has 2 heteroatoms. The van der Waals surface area contributed by atoms with Gasteiger partial charge >= 0.3 is 0 Å². The Hall–Kier alpha value is -1.28. The second-order valence-electron chi connectivity index (χ2n) is 1.68. The summed E-state index contributed by atoms with van der Waals surface area (Å²) in [6, 6.07) is 3.92. The van der Waals surface area contributed by atoms with E-state index in [1.807, 2.05) is 12.1 Å². The van der Waals surface area contributed by atoms with Crippen LogP contribution in [0.25, 0.3) is 0 Å². The highest BCUT2D eigenvalue weighted by Gasteiger charge is 2.15. The second kappa shape index (κ2) is 1.68. The van der Waals surface area contributed by atoms with Crippen LogP contribution in [0.15, 0.2) is 11.1 Å². The van der Waals surface area contributed by atoms with Crippen LogP contribution in [0.4, 0.5) is 0 Å². The molecule has 2 nitrogen and oxygen atoms in total. The van der Waals surface area contributed by atoms with E-state index in [1.165, 1.54) is 0 Å². The fourth-order valence-electron chi connectivity index (χ4n) is 0.622. The zero-order chi connectivity index (χ0) is 5.98. The summed E-state index contributed by atoms with van der Waals surface area (Å²) in [5.41, 5.74) is 1.35. The molecular weight excluding hydrogens is 100 g/mol. The Morgan fingerprint density at radius 3 is 1.50 bits per heavy atom. The van der Waals surface area contributed by atoms with Gasteiger partial charge in [-0.1, -0.05) is 0 Å². The molecule has 38 valence electrons. The third kappa shape index (κ3) is 0.476. The highest BCUT2D eigenvalue weighted by atomic mass is 14.3. The normalized spacial score (nSPS) is 16.2. The summed E-state index contributed by atoms with van der Waals surface area (Å²) in [6.45, 7) is 0. The van der Waals surface area contributed by atoms with Gasteiger partial charge in [0.15, 0.2) is 0 Å². The van der Waals surface area contributed by atoms with Crippen LogP contribution in [0.3, 0.4) is 0 Å². The van der Waals surface area contributed by atoms with Gasteiger partial charge in [0.05, 0.1) is 12.1 Å². The fourth-order valence-corrected chi connectivity index (χ4v) is 0.622. The summed E-state index contributed by atoms with van der Waals surface area (Å²) in [6.07, 6.45) is 1.61. The van der Waals surface area contributed by atoms with Crippen molar-refractivity contribution in [3.8, 4) is 12.1 Å². The summed E-state index contributed by atoms with van der Waals surface area (Å²) >= 11 is 0. The van der Waals surface area contributed by atoms with Gasteiger partial charge in [-0.15, -0.1) is 0 Å². The molecule has 0 atom stereocenters. The van der Waals surface area contributed by atoms with E-state index in [4.69, 9.17) is 10.5 Å². The molecule has 0 unspecified atom stereocenters. The van der Waals surface area contributed by atoms with Crippen LogP contribution in [0.2, 0.25) is 0 Å². The summed E-state index contributed by atoms with van der Waals surface area (Å²) < 4.78 is 0. The molecule has 1 rings (SSSR count). The van der Waals surface area contributed by atoms with E-state index in [0.717, 1.165) is 12.8 Å². The Bertz CT molecular complexity index is 188. The minimum atomic E-state index is 0.674. The zero-order valence-electron chi connectivity index (χ0n) is 4.31. The van der Waals surface area contributed by atoms with E-state index in [9.17, 15) is 0 Å². The Morgan fingerprint density at radius 2 is 1.38 bits per heavy atom. The Balaban J connectivity index is 2.86. The van der Waals surface area contributed by atoms with Gasteiger partial charge in [0, 0.05) is 11.1 Å². The number of nitrogens with zero attached hydrogens (tertiary/aromatic N) is 2. The quantitative estimate of drug-likeness (QED) is 0.462. The first kappa shape index (κ1) is 4.87. The van der Waals surface area contributed by atoms with Crippen molar-refractivity contribution in [3.05, 3.63) is 11.1 Å². The zero-order valence-corrected chi connectivity index (χ0v) is 4.31. The van der Waals surface area contributed by atoms with Gasteiger partial charge in [0.1, 0.15) is 0 Å². The molecule has 0 heterocycles. The van der Waals surface area contributed by atoms with Crippen LogP contribution in [0, 0.1) is 22.7 Å². The summed E-state index contributed by atoms with van der Waals surface area (Å²) in [4.78, 5) is 0. The molecule has 0 fully saturated rings. The first-order chi connectivity index (χ1) is 3.88. The first-order valence-corrected chi connectivity index (χ1v) is 2.40. The predicted octanol–water partition coefficient (Wildman–Crippen LogP) is 1.12. The lowest BCUT2D eigenvalue weighted by Gasteiger charge is -2.09. The molecule has 0 N–H and O–H groups in total. The van der Waals surface area contributed by atoms with E-state index in [1.54, 1.807) is 0 Å². The molecule has 1 aliphatic rings. The first-order valence-electron chi connectivity index (χ1n) is 2.40. The number of hydrogen-bond donors (Lipinski definition) is 0. The molecule has 8 heavy (non-hydrogen) atoms. The van der Waals surface area contributed by atoms with Gasteiger partial charge < -0.3 is 0 Å². The third-order valence-corrected chi connectivity index (χ3v) is 1.26. The predicted molar refractivity (Wildman–Crippen MR) is 27.5 cm³/mol. The van der Waals surface area contributed by atoms with Crippen molar-refractivity contribution >= 4 is 0 Å². The molecule has 0 bridgehead atoms. The fraction of sp³-hybridized carbons (Fsp3) is 0.333. The van der Waals surface area contributed by atoms with Crippen molar-refractivity contribution in [3.63, 3.8) is 0 Å². The molecule has 0 aromatic rings. The van der Waals surface area contributed by atoms with Crippen molar-refractivity contribution in [1.82, 2.24) is 0 Å². The van der Waals surface area contributed by atoms with Crippen molar-refractivity contribution in [2.45, 2.75) is 12.8 Å².